The van der Waals surface area contributed by atoms with Crippen molar-refractivity contribution in [2.45, 2.75) is 18.0 Å². The van der Waals surface area contributed by atoms with Gasteiger partial charge in [-0.15, -0.1) is 0 Å². The van der Waals surface area contributed by atoms with Gasteiger partial charge in [0.1, 0.15) is 5.75 Å². The van der Waals surface area contributed by atoms with E-state index in [2.05, 4.69) is 56.1 Å². The van der Waals surface area contributed by atoms with Crippen LogP contribution in [0.4, 0.5) is 0 Å². The van der Waals surface area contributed by atoms with E-state index in [1.165, 1.54) is 22.3 Å². The number of halogens is 2. The Morgan fingerprint density at radius 1 is 1.10 bits per heavy atom. The largest absolute Gasteiger partial charge is 0.497 e. The lowest BCUT2D eigenvalue weighted by Crippen LogP contribution is -1.96. The molecule has 0 amide bonds. The number of hydrogen-bond donors (Lipinski definition) is 0. The summed E-state index contributed by atoms with van der Waals surface area (Å²) in [5.74, 6) is 0.850. The molecule has 0 N–H and O–H groups in total. The van der Waals surface area contributed by atoms with Crippen molar-refractivity contribution in [3.63, 3.8) is 0 Å². The Labute approximate surface area is 135 Å². The maximum atomic E-state index is 5.47. The molecule has 1 atom stereocenters. The molecule has 1 aliphatic heterocycles. The van der Waals surface area contributed by atoms with Crippen molar-refractivity contribution in [3.05, 3.63) is 63.1 Å². The number of alkyl halides is 1. The highest BCUT2D eigenvalue weighted by Gasteiger charge is 2.17. The van der Waals surface area contributed by atoms with Gasteiger partial charge in [0.2, 0.25) is 0 Å². The summed E-state index contributed by atoms with van der Waals surface area (Å²) >= 11 is 7.40. The second-order valence-corrected chi connectivity index (χ2v) is 6.54. The van der Waals surface area contributed by atoms with E-state index in [9.17, 15) is 0 Å². The van der Waals surface area contributed by atoms with Crippen LogP contribution in [0.1, 0.15) is 27.1 Å². The molecule has 0 saturated carbocycles. The maximum Gasteiger partial charge on any atom is 0.120 e. The predicted octanol–water partition coefficient (Wildman–Crippen LogP) is 4.97. The molecule has 1 unspecified atom stereocenters. The molecule has 2 aromatic carbocycles. The van der Waals surface area contributed by atoms with Crippen molar-refractivity contribution in [3.8, 4) is 5.75 Å². The fourth-order valence-corrected chi connectivity index (χ4v) is 3.95. The summed E-state index contributed by atoms with van der Waals surface area (Å²) in [6.45, 7) is 1.45. The highest BCUT2D eigenvalue weighted by atomic mass is 79.9. The lowest BCUT2D eigenvalue weighted by Gasteiger charge is -2.14. The molecule has 0 spiro atoms. The van der Waals surface area contributed by atoms with Crippen LogP contribution in [0.2, 0.25) is 0 Å². The van der Waals surface area contributed by atoms with Gasteiger partial charge in [0, 0.05) is 4.47 Å². The fourth-order valence-electron chi connectivity index (χ4n) is 2.37. The van der Waals surface area contributed by atoms with Gasteiger partial charge in [-0.05, 0) is 34.4 Å². The zero-order valence-electron chi connectivity index (χ0n) is 11.0. The first-order valence-electron chi connectivity index (χ1n) is 6.36. The lowest BCUT2D eigenvalue weighted by molar-refractivity contribution is 0.134. The minimum Gasteiger partial charge on any atom is -0.497 e. The molecule has 0 saturated heterocycles. The predicted molar refractivity (Wildman–Crippen MR) is 86.4 cm³/mol. The molecule has 1 heterocycles. The Balaban J connectivity index is 1.94. The monoisotopic (exact) mass is 396 g/mol. The Morgan fingerprint density at radius 3 is 2.65 bits per heavy atom. The summed E-state index contributed by atoms with van der Waals surface area (Å²) < 4.78 is 11.7. The third-order valence-electron chi connectivity index (χ3n) is 3.52. The molecule has 0 aromatic heterocycles. The topological polar surface area (TPSA) is 18.5 Å². The summed E-state index contributed by atoms with van der Waals surface area (Å²) in [6.07, 6.45) is 0. The molecule has 0 radical (unpaired) electrons. The van der Waals surface area contributed by atoms with E-state index in [-0.39, 0.29) is 4.83 Å². The number of methoxy groups -OCH3 is 1. The molecule has 0 fully saturated rings. The van der Waals surface area contributed by atoms with Crippen LogP contribution in [-0.4, -0.2) is 7.11 Å². The number of hydrogen-bond acceptors (Lipinski definition) is 2. The van der Waals surface area contributed by atoms with E-state index in [1.807, 2.05) is 12.1 Å². The molecule has 2 aromatic rings. The van der Waals surface area contributed by atoms with E-state index in [1.54, 1.807) is 7.11 Å². The molecule has 3 rings (SSSR count). The highest BCUT2D eigenvalue weighted by molar-refractivity contribution is 9.11. The molecule has 0 aliphatic carbocycles. The Hall–Kier alpha value is -0.840. The van der Waals surface area contributed by atoms with E-state index in [0.717, 1.165) is 16.8 Å². The molecule has 0 bridgehead atoms. The van der Waals surface area contributed by atoms with E-state index < -0.39 is 0 Å². The average molecular weight is 398 g/mol. The van der Waals surface area contributed by atoms with Gasteiger partial charge in [0.15, 0.2) is 0 Å². The minimum atomic E-state index is 0.147. The average Bonchev–Trinajstić information content (AvgIpc) is 2.93. The molecule has 2 nitrogen and oxygen atoms in total. The second kappa shape index (κ2) is 5.88. The normalized spacial score (nSPS) is 14.9. The van der Waals surface area contributed by atoms with Gasteiger partial charge in [-0.2, -0.15) is 0 Å². The number of benzene rings is 2. The Kier molecular flexibility index (Phi) is 4.15. The van der Waals surface area contributed by atoms with Crippen molar-refractivity contribution in [2.24, 2.45) is 0 Å². The van der Waals surface area contributed by atoms with Crippen LogP contribution >= 0.6 is 31.9 Å². The quantitative estimate of drug-likeness (QED) is 0.680. The van der Waals surface area contributed by atoms with Gasteiger partial charge in [-0.1, -0.05) is 56.1 Å². The summed E-state index contributed by atoms with van der Waals surface area (Å²) in [7, 11) is 1.67. The Morgan fingerprint density at radius 2 is 1.90 bits per heavy atom. The van der Waals surface area contributed by atoms with Crippen LogP contribution in [-0.2, 0) is 18.0 Å². The van der Waals surface area contributed by atoms with Gasteiger partial charge in [0.05, 0.1) is 25.2 Å². The van der Waals surface area contributed by atoms with Crippen molar-refractivity contribution < 1.29 is 9.47 Å². The Bertz CT molecular complexity index is 640. The summed E-state index contributed by atoms with van der Waals surface area (Å²) in [4.78, 5) is 0.147. The van der Waals surface area contributed by atoms with Gasteiger partial charge in [-0.3, -0.25) is 0 Å². The van der Waals surface area contributed by atoms with Crippen molar-refractivity contribution in [2.75, 3.05) is 7.11 Å². The second-order valence-electron chi connectivity index (χ2n) is 4.77. The van der Waals surface area contributed by atoms with Crippen molar-refractivity contribution >= 4 is 31.9 Å². The van der Waals surface area contributed by atoms with Crippen LogP contribution in [0.5, 0.6) is 5.75 Å². The van der Waals surface area contributed by atoms with Gasteiger partial charge < -0.3 is 9.47 Å². The summed E-state index contributed by atoms with van der Waals surface area (Å²) in [5.41, 5.74) is 5.00. The van der Waals surface area contributed by atoms with Crippen LogP contribution in [0.3, 0.4) is 0 Å². The number of rotatable bonds is 3. The third-order valence-corrected chi connectivity index (χ3v) is 5.23. The van der Waals surface area contributed by atoms with Crippen LogP contribution in [0.25, 0.3) is 0 Å². The zero-order valence-corrected chi connectivity index (χ0v) is 14.2. The molecular weight excluding hydrogens is 384 g/mol. The number of ether oxygens (including phenoxy) is 2. The summed E-state index contributed by atoms with van der Waals surface area (Å²) in [6, 6.07) is 12.6. The van der Waals surface area contributed by atoms with E-state index in [0.29, 0.717) is 6.61 Å². The molecule has 1 aliphatic rings. The molecule has 20 heavy (non-hydrogen) atoms. The van der Waals surface area contributed by atoms with E-state index in [4.69, 9.17) is 9.47 Å². The fraction of sp³-hybridized carbons (Fsp3) is 0.250. The molecule has 104 valence electrons. The van der Waals surface area contributed by atoms with Crippen molar-refractivity contribution in [1.29, 1.82) is 0 Å². The minimum absolute atomic E-state index is 0.147. The first kappa shape index (κ1) is 14.1. The number of fused-ring (bicyclic) bond motifs is 1. The molecule has 4 heteroatoms. The first-order valence-corrected chi connectivity index (χ1v) is 8.07. The smallest absolute Gasteiger partial charge is 0.120 e. The van der Waals surface area contributed by atoms with Gasteiger partial charge in [-0.25, -0.2) is 0 Å². The molecular formula is C16H14Br2O2. The third kappa shape index (κ3) is 2.65. The maximum absolute atomic E-state index is 5.47. The van der Waals surface area contributed by atoms with E-state index >= 15 is 0 Å². The van der Waals surface area contributed by atoms with Gasteiger partial charge >= 0.3 is 0 Å². The summed E-state index contributed by atoms with van der Waals surface area (Å²) in [5, 5.41) is 0. The standard InChI is InChI=1S/C16H14Br2O2/c1-19-13-4-5-14(15(17)7-13)16(18)10-2-3-11-8-20-9-12(11)6-10/h2-7,16H,8-9H2,1H3. The van der Waals surface area contributed by atoms with Crippen LogP contribution in [0.15, 0.2) is 40.9 Å². The lowest BCUT2D eigenvalue weighted by atomic mass is 10.0. The van der Waals surface area contributed by atoms with Gasteiger partial charge in [0.25, 0.3) is 0 Å². The first-order chi connectivity index (χ1) is 9.69. The zero-order chi connectivity index (χ0) is 14.1. The van der Waals surface area contributed by atoms with Crippen LogP contribution in [0, 0.1) is 0 Å². The SMILES string of the molecule is COc1ccc(C(Br)c2ccc3c(c2)COC3)c(Br)c1. The highest BCUT2D eigenvalue weighted by Crippen LogP contribution is 2.38. The van der Waals surface area contributed by atoms with Crippen LogP contribution < -0.4 is 4.74 Å². The van der Waals surface area contributed by atoms with Crippen molar-refractivity contribution in [1.82, 2.24) is 0 Å².